The minimum Gasteiger partial charge on any atom is -0.509 e. The highest BCUT2D eigenvalue weighted by Crippen LogP contribution is 2.37. The summed E-state index contributed by atoms with van der Waals surface area (Å²) in [4.78, 5) is 0. The second-order valence-electron chi connectivity index (χ2n) is 5.41. The van der Waals surface area contributed by atoms with Crippen LogP contribution in [0, 0.1) is 0 Å². The van der Waals surface area contributed by atoms with Gasteiger partial charge in [0.1, 0.15) is 18.0 Å². The van der Waals surface area contributed by atoms with Crippen LogP contribution in [0.2, 0.25) is 0 Å². The molecule has 3 aromatic carbocycles. The van der Waals surface area contributed by atoms with Crippen molar-refractivity contribution in [1.82, 2.24) is 0 Å². The summed E-state index contributed by atoms with van der Waals surface area (Å²) in [6.07, 6.45) is -0.805. The smallest absolute Gasteiger partial charge is 0.141 e. The number of rotatable bonds is 0. The van der Waals surface area contributed by atoms with E-state index in [-0.39, 0.29) is 5.76 Å². The monoisotopic (exact) mass is 278 g/mol. The summed E-state index contributed by atoms with van der Waals surface area (Å²) in [6, 6.07) is 15.9. The molecule has 0 aromatic heterocycles. The normalized spacial score (nSPS) is 21.3. The summed E-state index contributed by atoms with van der Waals surface area (Å²) in [5.41, 5.74) is 1.41. The molecule has 0 radical (unpaired) electrons. The van der Waals surface area contributed by atoms with E-state index in [1.807, 2.05) is 36.4 Å². The molecule has 1 aliphatic rings. The molecule has 21 heavy (non-hydrogen) atoms. The van der Waals surface area contributed by atoms with Gasteiger partial charge < -0.3 is 15.3 Å². The number of hydrogen-bond acceptors (Lipinski definition) is 3. The maximum Gasteiger partial charge on any atom is 0.141 e. The molecule has 0 saturated heterocycles. The maximum atomic E-state index is 10.1. The van der Waals surface area contributed by atoms with E-state index < -0.39 is 12.2 Å². The molecule has 3 aromatic rings. The summed E-state index contributed by atoms with van der Waals surface area (Å²) in [7, 11) is 0. The second kappa shape index (κ2) is 4.32. The minimum absolute atomic E-state index is 0.198. The van der Waals surface area contributed by atoms with Crippen LogP contribution in [0.5, 0.6) is 0 Å². The van der Waals surface area contributed by atoms with Crippen LogP contribution in [0.25, 0.3) is 27.6 Å². The molecular weight excluding hydrogens is 264 g/mol. The molecule has 0 aliphatic heterocycles. The molecule has 0 amide bonds. The Labute approximate surface area is 121 Å². The van der Waals surface area contributed by atoms with Crippen molar-refractivity contribution < 1.29 is 15.3 Å². The molecule has 1 aliphatic carbocycles. The molecule has 0 spiro atoms. The lowest BCUT2D eigenvalue weighted by atomic mass is 9.87. The number of fused-ring (bicyclic) bond motifs is 5. The van der Waals surface area contributed by atoms with Crippen LogP contribution in [0.1, 0.15) is 17.2 Å². The Hall–Kier alpha value is -2.36. The van der Waals surface area contributed by atoms with Crippen LogP contribution in [-0.2, 0) is 0 Å². The van der Waals surface area contributed by atoms with Gasteiger partial charge in [-0.3, -0.25) is 0 Å². The molecule has 0 heterocycles. The van der Waals surface area contributed by atoms with E-state index in [9.17, 15) is 15.3 Å². The summed E-state index contributed by atoms with van der Waals surface area (Å²) in [5, 5.41) is 34.0. The van der Waals surface area contributed by atoms with Crippen molar-refractivity contribution in [1.29, 1.82) is 0 Å². The SMILES string of the molecule is OC1=Cc2c(ccc3c2ccc2ccccc23)C(O)C1O. The minimum atomic E-state index is -1.25. The number of aliphatic hydroxyl groups is 3. The second-order valence-corrected chi connectivity index (χ2v) is 5.41. The molecule has 0 fully saturated rings. The van der Waals surface area contributed by atoms with Gasteiger partial charge in [0.15, 0.2) is 0 Å². The van der Waals surface area contributed by atoms with Gasteiger partial charge in [-0.15, -0.1) is 0 Å². The van der Waals surface area contributed by atoms with Gasteiger partial charge in [0.05, 0.1) is 0 Å². The third kappa shape index (κ3) is 1.68. The van der Waals surface area contributed by atoms with E-state index in [0.29, 0.717) is 5.56 Å². The Morgan fingerprint density at radius 1 is 0.714 bits per heavy atom. The third-order valence-corrected chi connectivity index (χ3v) is 4.21. The first-order valence-electron chi connectivity index (χ1n) is 6.88. The summed E-state index contributed by atoms with van der Waals surface area (Å²) in [6.45, 7) is 0. The zero-order chi connectivity index (χ0) is 14.6. The van der Waals surface area contributed by atoms with Crippen LogP contribution in [-0.4, -0.2) is 21.4 Å². The first kappa shape index (κ1) is 12.4. The quantitative estimate of drug-likeness (QED) is 0.553. The van der Waals surface area contributed by atoms with Gasteiger partial charge in [0.25, 0.3) is 0 Å². The fourth-order valence-electron chi connectivity index (χ4n) is 3.11. The molecule has 0 saturated carbocycles. The Morgan fingerprint density at radius 3 is 2.33 bits per heavy atom. The number of benzene rings is 3. The highest BCUT2D eigenvalue weighted by molar-refractivity contribution is 6.10. The van der Waals surface area contributed by atoms with Crippen molar-refractivity contribution in [3.63, 3.8) is 0 Å². The predicted octanol–water partition coefficient (Wildman–Crippen LogP) is 3.30. The Morgan fingerprint density at radius 2 is 1.48 bits per heavy atom. The molecule has 3 nitrogen and oxygen atoms in total. The van der Waals surface area contributed by atoms with E-state index in [1.165, 1.54) is 0 Å². The zero-order valence-electron chi connectivity index (χ0n) is 11.2. The van der Waals surface area contributed by atoms with Crippen molar-refractivity contribution >= 4 is 27.6 Å². The lowest BCUT2D eigenvalue weighted by Crippen LogP contribution is -2.24. The van der Waals surface area contributed by atoms with Gasteiger partial charge in [0, 0.05) is 0 Å². The van der Waals surface area contributed by atoms with Gasteiger partial charge in [-0.1, -0.05) is 48.5 Å². The Kier molecular flexibility index (Phi) is 2.55. The fourth-order valence-corrected chi connectivity index (χ4v) is 3.11. The molecule has 3 heteroatoms. The fraction of sp³-hybridized carbons (Fsp3) is 0.111. The molecule has 4 rings (SSSR count). The van der Waals surface area contributed by atoms with E-state index in [2.05, 4.69) is 12.1 Å². The van der Waals surface area contributed by atoms with Gasteiger partial charge in [0.2, 0.25) is 0 Å². The summed E-state index contributed by atoms with van der Waals surface area (Å²) < 4.78 is 0. The highest BCUT2D eigenvalue weighted by atomic mass is 16.4. The van der Waals surface area contributed by atoms with Gasteiger partial charge in [-0.05, 0) is 38.7 Å². The topological polar surface area (TPSA) is 60.7 Å². The van der Waals surface area contributed by atoms with E-state index in [4.69, 9.17) is 0 Å². The lowest BCUT2D eigenvalue weighted by Gasteiger charge is -2.25. The van der Waals surface area contributed by atoms with Crippen molar-refractivity contribution in [2.24, 2.45) is 0 Å². The molecule has 2 unspecified atom stereocenters. The standard InChI is InChI=1S/C18H14O3/c19-16-9-15-13-6-5-10-3-1-2-4-11(10)12(13)7-8-14(15)17(20)18(16)21/h1-9,17-21H. The predicted molar refractivity (Wildman–Crippen MR) is 83.0 cm³/mol. The molecule has 3 N–H and O–H groups in total. The van der Waals surface area contributed by atoms with E-state index in [0.717, 1.165) is 27.1 Å². The van der Waals surface area contributed by atoms with E-state index >= 15 is 0 Å². The van der Waals surface area contributed by atoms with Gasteiger partial charge in [-0.2, -0.15) is 0 Å². The molecular formula is C18H14O3. The van der Waals surface area contributed by atoms with Crippen molar-refractivity contribution in [2.45, 2.75) is 12.2 Å². The lowest BCUT2D eigenvalue weighted by molar-refractivity contribution is 0.0160. The van der Waals surface area contributed by atoms with Crippen LogP contribution in [0.4, 0.5) is 0 Å². The van der Waals surface area contributed by atoms with Crippen LogP contribution in [0.3, 0.4) is 0 Å². The molecule has 2 atom stereocenters. The first-order chi connectivity index (χ1) is 10.2. The van der Waals surface area contributed by atoms with Crippen LogP contribution in [0.15, 0.2) is 54.3 Å². The summed E-state index contributed by atoms with van der Waals surface area (Å²) in [5.74, 6) is -0.198. The van der Waals surface area contributed by atoms with Gasteiger partial charge >= 0.3 is 0 Å². The van der Waals surface area contributed by atoms with Crippen molar-refractivity contribution in [3.8, 4) is 0 Å². The van der Waals surface area contributed by atoms with Gasteiger partial charge in [-0.25, -0.2) is 0 Å². The first-order valence-corrected chi connectivity index (χ1v) is 6.88. The average Bonchev–Trinajstić information content (AvgIpc) is 2.52. The zero-order valence-corrected chi connectivity index (χ0v) is 11.2. The average molecular weight is 278 g/mol. The summed E-state index contributed by atoms with van der Waals surface area (Å²) >= 11 is 0. The van der Waals surface area contributed by atoms with Crippen LogP contribution >= 0.6 is 0 Å². The third-order valence-electron chi connectivity index (χ3n) is 4.21. The van der Waals surface area contributed by atoms with E-state index in [1.54, 1.807) is 6.08 Å². The highest BCUT2D eigenvalue weighted by Gasteiger charge is 2.29. The van der Waals surface area contributed by atoms with Crippen LogP contribution < -0.4 is 0 Å². The number of aliphatic hydroxyl groups excluding tert-OH is 3. The molecule has 0 bridgehead atoms. The van der Waals surface area contributed by atoms with Crippen molar-refractivity contribution in [3.05, 3.63) is 65.4 Å². The largest absolute Gasteiger partial charge is 0.509 e. The Bertz CT molecular complexity index is 895. The number of hydrogen-bond donors (Lipinski definition) is 3. The Balaban J connectivity index is 2.13. The molecule has 104 valence electrons. The maximum absolute atomic E-state index is 10.1. The van der Waals surface area contributed by atoms with Crippen molar-refractivity contribution in [2.75, 3.05) is 0 Å².